The van der Waals surface area contributed by atoms with E-state index < -0.39 is 6.04 Å². The van der Waals surface area contributed by atoms with Gasteiger partial charge in [-0.25, -0.2) is 0 Å². The lowest BCUT2D eigenvalue weighted by Gasteiger charge is -2.24. The van der Waals surface area contributed by atoms with Gasteiger partial charge in [0.15, 0.2) is 0 Å². The number of rotatable bonds is 3. The van der Waals surface area contributed by atoms with Crippen molar-refractivity contribution in [1.29, 1.82) is 0 Å². The highest BCUT2D eigenvalue weighted by molar-refractivity contribution is 5.44. The summed E-state index contributed by atoms with van der Waals surface area (Å²) in [7, 11) is 0. The molecule has 0 amide bonds. The molecule has 0 heterocycles. The molecule has 0 aromatic heterocycles. The third-order valence-corrected chi connectivity index (χ3v) is 3.74. The maximum atomic E-state index is 10.3. The molecule has 0 bridgehead atoms. The minimum atomic E-state index is -0.487. The van der Waals surface area contributed by atoms with Gasteiger partial charge in [0, 0.05) is 5.56 Å². The van der Waals surface area contributed by atoms with Crippen LogP contribution >= 0.6 is 0 Å². The van der Waals surface area contributed by atoms with Gasteiger partial charge in [-0.2, -0.15) is 0 Å². The Labute approximate surface area is 102 Å². The second kappa shape index (κ2) is 5.52. The first-order valence-electron chi connectivity index (χ1n) is 6.42. The number of phenolic OH excluding ortho intramolecular Hbond substituents is 1. The van der Waals surface area contributed by atoms with Crippen LogP contribution in [0.5, 0.6) is 5.75 Å². The number of nitrogens with two attached hydrogens (primary N) is 1. The zero-order valence-corrected chi connectivity index (χ0v) is 10.1. The fourth-order valence-electron chi connectivity index (χ4n) is 2.72. The Morgan fingerprint density at radius 3 is 2.59 bits per heavy atom. The van der Waals surface area contributed by atoms with E-state index in [-0.39, 0.29) is 6.61 Å². The summed E-state index contributed by atoms with van der Waals surface area (Å²) < 4.78 is 0. The van der Waals surface area contributed by atoms with E-state index in [1.54, 1.807) is 6.07 Å². The van der Waals surface area contributed by atoms with Crippen molar-refractivity contribution in [2.45, 2.75) is 44.1 Å². The normalized spacial score (nSPS) is 19.2. The third-order valence-electron chi connectivity index (χ3n) is 3.74. The number of phenols is 1. The van der Waals surface area contributed by atoms with E-state index in [0.29, 0.717) is 17.2 Å². The van der Waals surface area contributed by atoms with Crippen molar-refractivity contribution < 1.29 is 10.2 Å². The van der Waals surface area contributed by atoms with E-state index >= 15 is 0 Å². The Bertz CT molecular complexity index is 372. The number of para-hydroxylation sites is 1. The number of hydrogen-bond donors (Lipinski definition) is 3. The molecule has 0 radical (unpaired) electrons. The molecule has 1 aliphatic carbocycles. The van der Waals surface area contributed by atoms with E-state index in [0.717, 1.165) is 18.4 Å². The Morgan fingerprint density at radius 2 is 1.94 bits per heavy atom. The van der Waals surface area contributed by atoms with Crippen LogP contribution in [0.4, 0.5) is 0 Å². The molecule has 1 atom stereocenters. The average molecular weight is 235 g/mol. The molecule has 1 fully saturated rings. The van der Waals surface area contributed by atoms with Gasteiger partial charge in [0.1, 0.15) is 5.75 Å². The fourth-order valence-corrected chi connectivity index (χ4v) is 2.72. The number of aromatic hydroxyl groups is 1. The molecule has 0 unspecified atom stereocenters. The fraction of sp³-hybridized carbons (Fsp3) is 0.571. The van der Waals surface area contributed by atoms with Gasteiger partial charge < -0.3 is 15.9 Å². The SMILES string of the molecule is N[C@@H](CO)c1cccc(C2CCCCC2)c1O. The monoisotopic (exact) mass is 235 g/mol. The van der Waals surface area contributed by atoms with Crippen LogP contribution in [0.2, 0.25) is 0 Å². The molecule has 1 aliphatic rings. The molecule has 1 aromatic carbocycles. The quantitative estimate of drug-likeness (QED) is 0.753. The summed E-state index contributed by atoms with van der Waals surface area (Å²) in [5, 5.41) is 19.3. The predicted octanol–water partition coefficient (Wildman–Crippen LogP) is 2.43. The first-order chi connectivity index (χ1) is 8.24. The molecule has 1 aromatic rings. The first-order valence-corrected chi connectivity index (χ1v) is 6.42. The zero-order chi connectivity index (χ0) is 12.3. The Kier molecular flexibility index (Phi) is 4.02. The number of hydrogen-bond acceptors (Lipinski definition) is 3. The van der Waals surface area contributed by atoms with Gasteiger partial charge >= 0.3 is 0 Å². The van der Waals surface area contributed by atoms with Crippen LogP contribution in [0.3, 0.4) is 0 Å². The van der Waals surface area contributed by atoms with E-state index in [9.17, 15) is 5.11 Å². The molecule has 3 heteroatoms. The van der Waals surface area contributed by atoms with E-state index in [1.807, 2.05) is 12.1 Å². The molecule has 1 saturated carbocycles. The van der Waals surface area contributed by atoms with Crippen LogP contribution in [0, 0.1) is 0 Å². The molecule has 4 N–H and O–H groups in total. The molecule has 0 spiro atoms. The standard InChI is InChI=1S/C14H21NO2/c15-13(9-16)12-8-4-7-11(14(12)17)10-5-2-1-3-6-10/h4,7-8,10,13,16-17H,1-3,5-6,9,15H2/t13-/m0/s1. The summed E-state index contributed by atoms with van der Waals surface area (Å²) in [6.45, 7) is -0.137. The highest BCUT2D eigenvalue weighted by Gasteiger charge is 2.21. The molecule has 0 aliphatic heterocycles. The van der Waals surface area contributed by atoms with Crippen LogP contribution in [0.15, 0.2) is 18.2 Å². The zero-order valence-electron chi connectivity index (χ0n) is 10.1. The van der Waals surface area contributed by atoms with Crippen molar-refractivity contribution >= 4 is 0 Å². The Morgan fingerprint density at radius 1 is 1.24 bits per heavy atom. The van der Waals surface area contributed by atoms with Crippen molar-refractivity contribution in [3.63, 3.8) is 0 Å². The minimum absolute atomic E-state index is 0.137. The van der Waals surface area contributed by atoms with E-state index in [2.05, 4.69) is 0 Å². The summed E-state index contributed by atoms with van der Waals surface area (Å²) in [4.78, 5) is 0. The first kappa shape index (κ1) is 12.4. The van der Waals surface area contributed by atoms with Gasteiger partial charge in [-0.1, -0.05) is 37.5 Å². The number of benzene rings is 1. The summed E-state index contributed by atoms with van der Waals surface area (Å²) >= 11 is 0. The molecular formula is C14H21NO2. The lowest BCUT2D eigenvalue weighted by Crippen LogP contribution is -2.15. The van der Waals surface area contributed by atoms with E-state index in [1.165, 1.54) is 19.3 Å². The van der Waals surface area contributed by atoms with Gasteiger partial charge in [-0.15, -0.1) is 0 Å². The molecule has 17 heavy (non-hydrogen) atoms. The molecule has 2 rings (SSSR count). The van der Waals surface area contributed by atoms with Crippen molar-refractivity contribution in [2.75, 3.05) is 6.61 Å². The maximum Gasteiger partial charge on any atom is 0.123 e. The van der Waals surface area contributed by atoms with Crippen LogP contribution < -0.4 is 5.73 Å². The van der Waals surface area contributed by atoms with Crippen molar-refractivity contribution in [3.05, 3.63) is 29.3 Å². The third kappa shape index (κ3) is 2.61. The average Bonchev–Trinajstić information content (AvgIpc) is 2.39. The summed E-state index contributed by atoms with van der Waals surface area (Å²) in [5.74, 6) is 0.746. The van der Waals surface area contributed by atoms with Crippen LogP contribution in [0.25, 0.3) is 0 Å². The highest BCUT2D eigenvalue weighted by atomic mass is 16.3. The lowest BCUT2D eigenvalue weighted by molar-refractivity contribution is 0.265. The topological polar surface area (TPSA) is 66.5 Å². The smallest absolute Gasteiger partial charge is 0.123 e. The number of aliphatic hydroxyl groups is 1. The van der Waals surface area contributed by atoms with Crippen molar-refractivity contribution in [1.82, 2.24) is 0 Å². The highest BCUT2D eigenvalue weighted by Crippen LogP contribution is 2.39. The van der Waals surface area contributed by atoms with Gasteiger partial charge in [0.05, 0.1) is 12.6 Å². The Balaban J connectivity index is 2.27. The van der Waals surface area contributed by atoms with Crippen molar-refractivity contribution in [3.8, 4) is 5.75 Å². The predicted molar refractivity (Wildman–Crippen MR) is 67.9 cm³/mol. The minimum Gasteiger partial charge on any atom is -0.507 e. The molecular weight excluding hydrogens is 214 g/mol. The molecule has 3 nitrogen and oxygen atoms in total. The van der Waals surface area contributed by atoms with Gasteiger partial charge in [-0.05, 0) is 24.3 Å². The Hall–Kier alpha value is -1.06. The van der Waals surface area contributed by atoms with Gasteiger partial charge in [0.25, 0.3) is 0 Å². The van der Waals surface area contributed by atoms with Crippen LogP contribution in [-0.4, -0.2) is 16.8 Å². The summed E-state index contributed by atoms with van der Waals surface area (Å²) in [6.07, 6.45) is 6.06. The summed E-state index contributed by atoms with van der Waals surface area (Å²) in [6, 6.07) is 5.22. The lowest BCUT2D eigenvalue weighted by atomic mass is 9.82. The molecule has 94 valence electrons. The van der Waals surface area contributed by atoms with E-state index in [4.69, 9.17) is 10.8 Å². The maximum absolute atomic E-state index is 10.3. The van der Waals surface area contributed by atoms with Crippen LogP contribution in [-0.2, 0) is 0 Å². The second-order valence-electron chi connectivity index (χ2n) is 4.91. The largest absolute Gasteiger partial charge is 0.507 e. The molecule has 0 saturated heterocycles. The van der Waals surface area contributed by atoms with Crippen molar-refractivity contribution in [2.24, 2.45) is 5.73 Å². The second-order valence-corrected chi connectivity index (χ2v) is 4.91. The number of aliphatic hydroxyl groups excluding tert-OH is 1. The van der Waals surface area contributed by atoms with Gasteiger partial charge in [-0.3, -0.25) is 0 Å². The van der Waals surface area contributed by atoms with Crippen LogP contribution in [0.1, 0.15) is 55.2 Å². The van der Waals surface area contributed by atoms with Gasteiger partial charge in [0.2, 0.25) is 0 Å². The summed E-state index contributed by atoms with van der Waals surface area (Å²) in [5.41, 5.74) is 7.45.